The summed E-state index contributed by atoms with van der Waals surface area (Å²) < 4.78 is 5.14. The highest BCUT2D eigenvalue weighted by atomic mass is 16.5. The van der Waals surface area contributed by atoms with E-state index in [-0.39, 0.29) is 5.78 Å². The molecule has 0 saturated carbocycles. The number of aryl methyl sites for hydroxylation is 2. The van der Waals surface area contributed by atoms with Crippen molar-refractivity contribution in [2.45, 2.75) is 19.8 Å². The molecule has 0 amide bonds. The van der Waals surface area contributed by atoms with E-state index in [0.717, 1.165) is 29.7 Å². The van der Waals surface area contributed by atoms with Crippen molar-refractivity contribution in [3.8, 4) is 5.75 Å². The zero-order valence-corrected chi connectivity index (χ0v) is 11.3. The molecule has 0 heterocycles. The van der Waals surface area contributed by atoms with E-state index in [9.17, 15) is 4.79 Å². The van der Waals surface area contributed by atoms with Crippen LogP contribution in [0.25, 0.3) is 0 Å². The molecule has 0 atom stereocenters. The maximum atomic E-state index is 11.5. The standard InChI is InChI=1S/C17H18O2/c1-13(18)17-6-4-3-5-15(17)10-7-14-8-11-16(19-2)12-9-14/h3-6,8-9,11-12H,7,10H2,1-2H3. The van der Waals surface area contributed by atoms with Crippen molar-refractivity contribution in [2.75, 3.05) is 7.11 Å². The van der Waals surface area contributed by atoms with Gasteiger partial charge >= 0.3 is 0 Å². The van der Waals surface area contributed by atoms with Crippen LogP contribution in [0.1, 0.15) is 28.4 Å². The van der Waals surface area contributed by atoms with Crippen molar-refractivity contribution in [3.05, 3.63) is 65.2 Å². The average Bonchev–Trinajstić information content (AvgIpc) is 2.46. The lowest BCUT2D eigenvalue weighted by Crippen LogP contribution is -2.01. The van der Waals surface area contributed by atoms with Crippen molar-refractivity contribution < 1.29 is 9.53 Å². The van der Waals surface area contributed by atoms with Gasteiger partial charge in [0, 0.05) is 5.56 Å². The van der Waals surface area contributed by atoms with Crippen LogP contribution in [0.5, 0.6) is 5.75 Å². The predicted molar refractivity (Wildman–Crippen MR) is 76.8 cm³/mol. The van der Waals surface area contributed by atoms with E-state index in [0.29, 0.717) is 0 Å². The molecule has 98 valence electrons. The van der Waals surface area contributed by atoms with Crippen LogP contribution < -0.4 is 4.74 Å². The van der Waals surface area contributed by atoms with Crippen LogP contribution in [0.2, 0.25) is 0 Å². The molecule has 0 aliphatic heterocycles. The second-order valence-corrected chi connectivity index (χ2v) is 4.56. The Hall–Kier alpha value is -2.09. The Balaban J connectivity index is 2.07. The molecule has 0 aliphatic carbocycles. The van der Waals surface area contributed by atoms with Crippen LogP contribution in [0.15, 0.2) is 48.5 Å². The van der Waals surface area contributed by atoms with Crippen molar-refractivity contribution in [3.63, 3.8) is 0 Å². The summed E-state index contributed by atoms with van der Waals surface area (Å²) >= 11 is 0. The molecule has 0 unspecified atom stereocenters. The van der Waals surface area contributed by atoms with Crippen LogP contribution in [0.3, 0.4) is 0 Å². The molecule has 19 heavy (non-hydrogen) atoms. The van der Waals surface area contributed by atoms with E-state index < -0.39 is 0 Å². The number of hydrogen-bond acceptors (Lipinski definition) is 2. The first kappa shape index (κ1) is 13.3. The zero-order chi connectivity index (χ0) is 13.7. The summed E-state index contributed by atoms with van der Waals surface area (Å²) in [6.07, 6.45) is 1.80. The van der Waals surface area contributed by atoms with Gasteiger partial charge in [-0.05, 0) is 43.0 Å². The Labute approximate surface area is 114 Å². The normalized spacial score (nSPS) is 10.2. The van der Waals surface area contributed by atoms with Gasteiger partial charge in [-0.15, -0.1) is 0 Å². The highest BCUT2D eigenvalue weighted by molar-refractivity contribution is 5.95. The highest BCUT2D eigenvalue weighted by Gasteiger charge is 2.06. The third-order valence-corrected chi connectivity index (χ3v) is 3.24. The number of rotatable bonds is 5. The molecule has 0 bridgehead atoms. The highest BCUT2D eigenvalue weighted by Crippen LogP contribution is 2.16. The van der Waals surface area contributed by atoms with E-state index in [1.807, 2.05) is 36.4 Å². The minimum Gasteiger partial charge on any atom is -0.497 e. The third kappa shape index (κ3) is 3.44. The fourth-order valence-corrected chi connectivity index (χ4v) is 2.15. The van der Waals surface area contributed by atoms with E-state index in [2.05, 4.69) is 12.1 Å². The van der Waals surface area contributed by atoms with E-state index in [1.54, 1.807) is 14.0 Å². The number of carbonyl (C=O) groups excluding carboxylic acids is 1. The number of hydrogen-bond donors (Lipinski definition) is 0. The van der Waals surface area contributed by atoms with E-state index >= 15 is 0 Å². The third-order valence-electron chi connectivity index (χ3n) is 3.24. The molecule has 2 aromatic rings. The molecule has 0 radical (unpaired) electrons. The maximum Gasteiger partial charge on any atom is 0.160 e. The van der Waals surface area contributed by atoms with Crippen molar-refractivity contribution in [1.82, 2.24) is 0 Å². The number of Topliss-reactive ketones (excluding diaryl/α,β-unsaturated/α-hetero) is 1. The zero-order valence-electron chi connectivity index (χ0n) is 11.3. The lowest BCUT2D eigenvalue weighted by atomic mass is 9.98. The van der Waals surface area contributed by atoms with Gasteiger partial charge in [0.1, 0.15) is 5.75 Å². The Morgan fingerprint density at radius 2 is 1.68 bits per heavy atom. The van der Waals surface area contributed by atoms with Gasteiger partial charge in [-0.25, -0.2) is 0 Å². The SMILES string of the molecule is COc1ccc(CCc2ccccc2C(C)=O)cc1. The second kappa shape index (κ2) is 6.19. The molecule has 0 aliphatic rings. The fraction of sp³-hybridized carbons (Fsp3) is 0.235. The summed E-state index contributed by atoms with van der Waals surface area (Å²) in [5.74, 6) is 0.998. The van der Waals surface area contributed by atoms with Gasteiger partial charge in [0.25, 0.3) is 0 Å². The van der Waals surface area contributed by atoms with Crippen LogP contribution in [0.4, 0.5) is 0 Å². The number of ketones is 1. The minimum absolute atomic E-state index is 0.130. The van der Waals surface area contributed by atoms with E-state index in [1.165, 1.54) is 5.56 Å². The summed E-state index contributed by atoms with van der Waals surface area (Å²) in [6.45, 7) is 1.62. The van der Waals surface area contributed by atoms with Crippen molar-refractivity contribution in [1.29, 1.82) is 0 Å². The average molecular weight is 254 g/mol. The Morgan fingerprint density at radius 1 is 1.00 bits per heavy atom. The molecule has 0 N–H and O–H groups in total. The van der Waals surface area contributed by atoms with Gasteiger partial charge in [-0.2, -0.15) is 0 Å². The lowest BCUT2D eigenvalue weighted by Gasteiger charge is -2.07. The molecule has 2 rings (SSSR count). The van der Waals surface area contributed by atoms with Crippen molar-refractivity contribution >= 4 is 5.78 Å². The molecule has 0 saturated heterocycles. The fourth-order valence-electron chi connectivity index (χ4n) is 2.15. The summed E-state index contributed by atoms with van der Waals surface area (Å²) in [5.41, 5.74) is 3.20. The Morgan fingerprint density at radius 3 is 2.32 bits per heavy atom. The number of benzene rings is 2. The smallest absolute Gasteiger partial charge is 0.160 e. The first-order chi connectivity index (χ1) is 9.20. The quantitative estimate of drug-likeness (QED) is 0.761. The van der Waals surface area contributed by atoms with E-state index in [4.69, 9.17) is 4.74 Å². The Kier molecular flexibility index (Phi) is 4.35. The summed E-state index contributed by atoms with van der Waals surface area (Å²) in [6, 6.07) is 15.9. The number of ether oxygens (including phenoxy) is 1. The van der Waals surface area contributed by atoms with Gasteiger partial charge in [0.05, 0.1) is 7.11 Å². The van der Waals surface area contributed by atoms with Gasteiger partial charge < -0.3 is 4.74 Å². The van der Waals surface area contributed by atoms with Crippen LogP contribution >= 0.6 is 0 Å². The maximum absolute atomic E-state index is 11.5. The molecule has 0 fully saturated rings. The van der Waals surface area contributed by atoms with Gasteiger partial charge in [-0.3, -0.25) is 4.79 Å². The Bertz CT molecular complexity index is 556. The van der Waals surface area contributed by atoms with Gasteiger partial charge in [0.2, 0.25) is 0 Å². The van der Waals surface area contributed by atoms with Gasteiger partial charge in [0.15, 0.2) is 5.78 Å². The van der Waals surface area contributed by atoms with Crippen LogP contribution in [-0.2, 0) is 12.8 Å². The van der Waals surface area contributed by atoms with Crippen molar-refractivity contribution in [2.24, 2.45) is 0 Å². The summed E-state index contributed by atoms with van der Waals surface area (Å²) in [5, 5.41) is 0. The monoisotopic (exact) mass is 254 g/mol. The summed E-state index contributed by atoms with van der Waals surface area (Å²) in [4.78, 5) is 11.5. The minimum atomic E-state index is 0.130. The molecule has 2 aromatic carbocycles. The second-order valence-electron chi connectivity index (χ2n) is 4.56. The molecular weight excluding hydrogens is 236 g/mol. The molecular formula is C17H18O2. The number of methoxy groups -OCH3 is 1. The lowest BCUT2D eigenvalue weighted by molar-refractivity contribution is 0.101. The molecule has 0 aromatic heterocycles. The first-order valence-corrected chi connectivity index (χ1v) is 6.42. The molecule has 2 nitrogen and oxygen atoms in total. The van der Waals surface area contributed by atoms with Crippen LogP contribution in [-0.4, -0.2) is 12.9 Å². The number of carbonyl (C=O) groups is 1. The summed E-state index contributed by atoms with van der Waals surface area (Å²) in [7, 11) is 1.66. The van der Waals surface area contributed by atoms with Gasteiger partial charge in [-0.1, -0.05) is 36.4 Å². The largest absolute Gasteiger partial charge is 0.497 e. The molecule has 0 spiro atoms. The predicted octanol–water partition coefficient (Wildman–Crippen LogP) is 3.68. The topological polar surface area (TPSA) is 26.3 Å². The first-order valence-electron chi connectivity index (χ1n) is 6.42. The van der Waals surface area contributed by atoms with Crippen LogP contribution in [0, 0.1) is 0 Å². The molecule has 2 heteroatoms.